The van der Waals surface area contributed by atoms with Crippen LogP contribution in [0.15, 0.2) is 48.6 Å². The van der Waals surface area contributed by atoms with Crippen molar-refractivity contribution in [3.8, 4) is 0 Å². The van der Waals surface area contributed by atoms with Crippen molar-refractivity contribution < 1.29 is 37.6 Å². The average molecular weight is 740 g/mol. The van der Waals surface area contributed by atoms with E-state index in [2.05, 4.69) is 62.5 Å². The van der Waals surface area contributed by atoms with Crippen LogP contribution in [0.1, 0.15) is 168 Å². The number of hydrogen-bond acceptors (Lipinski definition) is 8. The van der Waals surface area contributed by atoms with Crippen LogP contribution in [0.5, 0.6) is 0 Å². The van der Waals surface area contributed by atoms with Gasteiger partial charge >= 0.3 is 19.8 Å². The Hall–Kier alpha value is -2.03. The largest absolute Gasteiger partial charge is 0.472 e. The molecule has 0 radical (unpaired) electrons. The number of nitrogens with two attached hydrogens (primary N) is 1. The van der Waals surface area contributed by atoms with Gasteiger partial charge in [-0.15, -0.1) is 0 Å². The van der Waals surface area contributed by atoms with E-state index in [1.807, 2.05) is 0 Å². The molecule has 51 heavy (non-hydrogen) atoms. The number of phosphoric acid groups is 1. The minimum atomic E-state index is -4.38. The lowest BCUT2D eigenvalue weighted by atomic mass is 10.1. The van der Waals surface area contributed by atoms with Crippen LogP contribution in [0.4, 0.5) is 0 Å². The van der Waals surface area contributed by atoms with Crippen LogP contribution in [0, 0.1) is 0 Å². The lowest BCUT2D eigenvalue weighted by molar-refractivity contribution is -0.161. The van der Waals surface area contributed by atoms with E-state index >= 15 is 0 Å². The Morgan fingerprint density at radius 1 is 0.588 bits per heavy atom. The molecule has 296 valence electrons. The van der Waals surface area contributed by atoms with Crippen LogP contribution < -0.4 is 5.73 Å². The van der Waals surface area contributed by atoms with Gasteiger partial charge in [-0.1, -0.05) is 127 Å². The van der Waals surface area contributed by atoms with Crippen LogP contribution in [-0.2, 0) is 32.7 Å². The first-order valence-electron chi connectivity index (χ1n) is 20.1. The lowest BCUT2D eigenvalue weighted by Crippen LogP contribution is -2.29. The van der Waals surface area contributed by atoms with E-state index < -0.39 is 32.5 Å². The average Bonchev–Trinajstić information content (AvgIpc) is 3.11. The molecule has 0 aliphatic heterocycles. The van der Waals surface area contributed by atoms with E-state index in [4.69, 9.17) is 24.3 Å². The molecule has 9 nitrogen and oxygen atoms in total. The number of phosphoric ester groups is 1. The smallest absolute Gasteiger partial charge is 0.462 e. The number of carbonyl (C=O) groups excluding carboxylic acids is 2. The fourth-order valence-corrected chi connectivity index (χ4v) is 5.93. The minimum Gasteiger partial charge on any atom is -0.462 e. The monoisotopic (exact) mass is 740 g/mol. The van der Waals surface area contributed by atoms with Gasteiger partial charge in [0.25, 0.3) is 0 Å². The van der Waals surface area contributed by atoms with Crippen LogP contribution in [-0.4, -0.2) is 49.3 Å². The summed E-state index contributed by atoms with van der Waals surface area (Å²) in [4.78, 5) is 34.7. The zero-order chi connectivity index (χ0) is 37.5. The van der Waals surface area contributed by atoms with Crippen molar-refractivity contribution in [2.45, 2.75) is 174 Å². The van der Waals surface area contributed by atoms with Crippen LogP contribution >= 0.6 is 7.82 Å². The highest BCUT2D eigenvalue weighted by molar-refractivity contribution is 7.47. The summed E-state index contributed by atoms with van der Waals surface area (Å²) >= 11 is 0. The van der Waals surface area contributed by atoms with Crippen LogP contribution in [0.2, 0.25) is 0 Å². The highest BCUT2D eigenvalue weighted by Crippen LogP contribution is 2.43. The molecule has 0 aromatic rings. The summed E-state index contributed by atoms with van der Waals surface area (Å²) in [5.74, 6) is -0.867. The molecule has 0 bridgehead atoms. The van der Waals surface area contributed by atoms with E-state index in [1.54, 1.807) is 0 Å². The molecular formula is C41H74NO8P. The summed E-state index contributed by atoms with van der Waals surface area (Å²) in [5, 5.41) is 0. The van der Waals surface area contributed by atoms with Crippen molar-refractivity contribution in [2.24, 2.45) is 5.73 Å². The molecule has 0 amide bonds. The highest BCUT2D eigenvalue weighted by atomic mass is 31.2. The first-order valence-corrected chi connectivity index (χ1v) is 21.6. The summed E-state index contributed by atoms with van der Waals surface area (Å²) in [6, 6.07) is 0. The number of allylic oxidation sites excluding steroid dienone is 8. The Balaban J connectivity index is 4.27. The summed E-state index contributed by atoms with van der Waals surface area (Å²) in [7, 11) is -4.38. The molecule has 0 saturated carbocycles. The summed E-state index contributed by atoms with van der Waals surface area (Å²) in [6.45, 7) is 3.64. The van der Waals surface area contributed by atoms with E-state index in [9.17, 15) is 19.0 Å². The molecule has 10 heteroatoms. The zero-order valence-corrected chi connectivity index (χ0v) is 33.2. The van der Waals surface area contributed by atoms with Crippen molar-refractivity contribution in [1.29, 1.82) is 0 Å². The van der Waals surface area contributed by atoms with E-state index in [0.29, 0.717) is 6.42 Å². The van der Waals surface area contributed by atoms with Crippen molar-refractivity contribution in [1.82, 2.24) is 0 Å². The number of esters is 2. The fraction of sp³-hybridized carbons (Fsp3) is 0.756. The van der Waals surface area contributed by atoms with Gasteiger partial charge in [-0.2, -0.15) is 0 Å². The Bertz CT molecular complexity index is 981. The zero-order valence-electron chi connectivity index (χ0n) is 32.3. The number of ether oxygens (including phenoxy) is 2. The van der Waals surface area contributed by atoms with Gasteiger partial charge < -0.3 is 20.1 Å². The van der Waals surface area contributed by atoms with Crippen molar-refractivity contribution in [3.63, 3.8) is 0 Å². The molecule has 0 aliphatic carbocycles. The molecule has 0 aliphatic rings. The predicted octanol–water partition coefficient (Wildman–Crippen LogP) is 11.2. The van der Waals surface area contributed by atoms with Gasteiger partial charge in [0.15, 0.2) is 6.10 Å². The molecule has 0 saturated heterocycles. The molecule has 0 heterocycles. The molecule has 0 fully saturated rings. The predicted molar refractivity (Wildman–Crippen MR) is 210 cm³/mol. The topological polar surface area (TPSA) is 134 Å². The first-order chi connectivity index (χ1) is 24.8. The maximum Gasteiger partial charge on any atom is 0.472 e. The molecule has 0 aromatic heterocycles. The van der Waals surface area contributed by atoms with Crippen LogP contribution in [0.3, 0.4) is 0 Å². The van der Waals surface area contributed by atoms with E-state index in [1.165, 1.54) is 57.8 Å². The second-order valence-electron chi connectivity index (χ2n) is 13.1. The third-order valence-electron chi connectivity index (χ3n) is 8.19. The molecule has 1 unspecified atom stereocenters. The molecule has 0 rings (SSSR count). The molecule has 0 spiro atoms. The normalized spacial score (nSPS) is 13.9. The number of carbonyl (C=O) groups is 2. The Morgan fingerprint density at radius 2 is 1.02 bits per heavy atom. The summed E-state index contributed by atoms with van der Waals surface area (Å²) < 4.78 is 32.7. The van der Waals surface area contributed by atoms with Gasteiger partial charge in [-0.25, -0.2) is 4.57 Å². The maximum atomic E-state index is 12.5. The first kappa shape index (κ1) is 49.0. The summed E-state index contributed by atoms with van der Waals surface area (Å²) in [6.07, 6.45) is 41.3. The van der Waals surface area contributed by atoms with E-state index in [-0.39, 0.29) is 32.6 Å². The molecule has 3 N–H and O–H groups in total. The van der Waals surface area contributed by atoms with Gasteiger partial charge in [0.05, 0.1) is 13.2 Å². The van der Waals surface area contributed by atoms with E-state index in [0.717, 1.165) is 77.0 Å². The maximum absolute atomic E-state index is 12.5. The van der Waals surface area contributed by atoms with Gasteiger partial charge in [0.2, 0.25) is 0 Å². The third kappa shape index (κ3) is 37.5. The van der Waals surface area contributed by atoms with Gasteiger partial charge in [-0.3, -0.25) is 18.6 Å². The Morgan fingerprint density at radius 3 is 1.57 bits per heavy atom. The van der Waals surface area contributed by atoms with Crippen molar-refractivity contribution >= 4 is 19.8 Å². The number of unbranched alkanes of at least 4 members (excludes halogenated alkanes) is 16. The number of hydrogen-bond donors (Lipinski definition) is 2. The lowest BCUT2D eigenvalue weighted by Gasteiger charge is -2.19. The number of rotatable bonds is 37. The van der Waals surface area contributed by atoms with Crippen molar-refractivity contribution in [2.75, 3.05) is 26.4 Å². The second-order valence-corrected chi connectivity index (χ2v) is 14.6. The molecular weight excluding hydrogens is 665 g/mol. The quantitative estimate of drug-likeness (QED) is 0.0276. The summed E-state index contributed by atoms with van der Waals surface area (Å²) in [5.41, 5.74) is 5.33. The van der Waals surface area contributed by atoms with Crippen molar-refractivity contribution in [3.05, 3.63) is 48.6 Å². The molecule has 0 aromatic carbocycles. The van der Waals surface area contributed by atoms with Gasteiger partial charge in [0, 0.05) is 19.4 Å². The molecule has 2 atom stereocenters. The van der Waals surface area contributed by atoms with Gasteiger partial charge in [0.1, 0.15) is 6.61 Å². The minimum absolute atomic E-state index is 0.0468. The second kappa shape index (κ2) is 37.7. The van der Waals surface area contributed by atoms with Crippen LogP contribution in [0.25, 0.3) is 0 Å². The fourth-order valence-electron chi connectivity index (χ4n) is 5.16. The third-order valence-corrected chi connectivity index (χ3v) is 9.17. The standard InChI is InChI=1S/C41H74NO8P/c1-3-5-7-9-11-13-15-17-18-19-20-22-24-26-28-30-32-34-41(44)50-39(38-49-51(45,46)48-36-35-42)37-47-40(43)33-31-29-27-25-23-21-16-14-12-10-8-6-4-2/h11,13-14,16-18,20,22,39H,3-10,12,15,19,21,23-38,42H2,1-2H3,(H,45,46)/b13-11-,16-14-,18-17-,22-20-/t39-/m1/s1. The Kier molecular flexibility index (Phi) is 36.2. The van der Waals surface area contributed by atoms with Gasteiger partial charge in [-0.05, 0) is 77.0 Å². The Labute approximate surface area is 311 Å². The SMILES string of the molecule is CCCCC/C=C\C/C=C\C/C=C\CCCCCCC(=O)O[C@H](COC(=O)CCCCCCC/C=C\CCCCCC)COP(=O)(O)OCCN. The highest BCUT2D eigenvalue weighted by Gasteiger charge is 2.25.